The number of pyridine rings is 1. The topological polar surface area (TPSA) is 51.1 Å². The number of rotatable bonds is 1. The van der Waals surface area contributed by atoms with E-state index in [-0.39, 0.29) is 0 Å². The molecule has 6 heteroatoms. The molecule has 20 heavy (non-hydrogen) atoms. The fourth-order valence-electron chi connectivity index (χ4n) is 2.92. The molecule has 5 nitrogen and oxygen atoms in total. The predicted molar refractivity (Wildman–Crippen MR) is 77.1 cm³/mol. The van der Waals surface area contributed by atoms with E-state index in [1.165, 1.54) is 6.42 Å². The number of ether oxygens (including phenoxy) is 1. The minimum Gasteiger partial charge on any atom is -0.379 e. The van der Waals surface area contributed by atoms with Crippen LogP contribution in [0.4, 0.5) is 5.82 Å². The fourth-order valence-corrected chi connectivity index (χ4v) is 3.09. The molecule has 1 aliphatic carbocycles. The lowest BCUT2D eigenvalue weighted by molar-refractivity contribution is 0.139. The summed E-state index contributed by atoms with van der Waals surface area (Å²) in [7, 11) is 0. The molecule has 3 heterocycles. The van der Waals surface area contributed by atoms with Gasteiger partial charge < -0.3 is 9.64 Å². The first-order valence-corrected chi connectivity index (χ1v) is 7.24. The minimum absolute atomic E-state index is 0.292. The lowest BCUT2D eigenvalue weighted by atomic mass is 10.2. The molecule has 1 saturated heterocycles. The van der Waals surface area contributed by atoms with Crippen molar-refractivity contribution in [2.75, 3.05) is 24.7 Å². The molecule has 2 aromatic rings. The van der Waals surface area contributed by atoms with Crippen molar-refractivity contribution in [3.05, 3.63) is 23.2 Å². The first-order chi connectivity index (χ1) is 9.72. The second-order valence-electron chi connectivity index (χ2n) is 5.49. The summed E-state index contributed by atoms with van der Waals surface area (Å²) in [6.45, 7) is 4.38. The lowest BCUT2D eigenvalue weighted by Gasteiger charge is -2.23. The Morgan fingerprint density at radius 3 is 3.20 bits per heavy atom. The average molecular weight is 291 g/mol. The number of aryl methyl sites for hydroxylation is 1. The van der Waals surface area contributed by atoms with Gasteiger partial charge in [0.05, 0.1) is 24.1 Å². The maximum absolute atomic E-state index is 6.10. The van der Waals surface area contributed by atoms with Crippen LogP contribution in [0.2, 0.25) is 5.28 Å². The number of hydrogen-bond donors (Lipinski definition) is 0. The third-order valence-corrected chi connectivity index (χ3v) is 4.21. The molecular weight excluding hydrogens is 276 g/mol. The first-order valence-electron chi connectivity index (χ1n) is 6.86. The zero-order valence-corrected chi connectivity index (χ0v) is 12.0. The van der Waals surface area contributed by atoms with E-state index in [9.17, 15) is 0 Å². The van der Waals surface area contributed by atoms with Crippen LogP contribution in [0.25, 0.3) is 10.9 Å². The number of aromatic nitrogens is 3. The van der Waals surface area contributed by atoms with Crippen molar-refractivity contribution in [1.29, 1.82) is 0 Å². The number of halogens is 1. The van der Waals surface area contributed by atoms with Crippen molar-refractivity contribution in [3.63, 3.8) is 0 Å². The molecule has 1 aliphatic heterocycles. The van der Waals surface area contributed by atoms with E-state index in [0.29, 0.717) is 17.2 Å². The number of hydrogen-bond acceptors (Lipinski definition) is 5. The predicted octanol–water partition coefficient (Wildman–Crippen LogP) is 2.21. The summed E-state index contributed by atoms with van der Waals surface area (Å²) in [6, 6.07) is 2.47. The molecule has 0 radical (unpaired) electrons. The Labute approximate surface area is 121 Å². The number of anilines is 1. The van der Waals surface area contributed by atoms with Gasteiger partial charge in [0.15, 0.2) is 0 Å². The van der Waals surface area contributed by atoms with E-state index in [2.05, 4.69) is 19.9 Å². The molecular formula is C14H15ClN4O. The maximum Gasteiger partial charge on any atom is 0.224 e. The summed E-state index contributed by atoms with van der Waals surface area (Å²) in [4.78, 5) is 15.5. The highest BCUT2D eigenvalue weighted by atomic mass is 35.5. The van der Waals surface area contributed by atoms with E-state index in [0.717, 1.165) is 42.2 Å². The summed E-state index contributed by atoms with van der Waals surface area (Å²) >= 11 is 6.10. The van der Waals surface area contributed by atoms with Gasteiger partial charge in [0.1, 0.15) is 5.82 Å². The maximum atomic E-state index is 6.10. The lowest BCUT2D eigenvalue weighted by Crippen LogP contribution is -2.30. The molecule has 104 valence electrons. The summed E-state index contributed by atoms with van der Waals surface area (Å²) < 4.78 is 5.63. The SMILES string of the molecule is Cc1cc2nc(Cl)nc(N3CCOCC4CC43)c2cn1. The molecule has 0 amide bonds. The Kier molecular flexibility index (Phi) is 2.79. The average Bonchev–Trinajstić information content (AvgIpc) is 3.16. The van der Waals surface area contributed by atoms with Crippen LogP contribution >= 0.6 is 11.6 Å². The molecule has 0 N–H and O–H groups in total. The van der Waals surface area contributed by atoms with Crippen LogP contribution < -0.4 is 4.90 Å². The Morgan fingerprint density at radius 1 is 1.40 bits per heavy atom. The van der Waals surface area contributed by atoms with Gasteiger partial charge in [-0.25, -0.2) is 4.98 Å². The molecule has 2 atom stereocenters. The van der Waals surface area contributed by atoms with Crippen LogP contribution in [0.1, 0.15) is 12.1 Å². The van der Waals surface area contributed by atoms with Gasteiger partial charge in [0, 0.05) is 30.4 Å². The van der Waals surface area contributed by atoms with Crippen molar-refractivity contribution < 1.29 is 4.74 Å². The molecule has 4 rings (SSSR count). The molecule has 2 aliphatic rings. The van der Waals surface area contributed by atoms with Crippen LogP contribution in [-0.2, 0) is 4.74 Å². The monoisotopic (exact) mass is 290 g/mol. The minimum atomic E-state index is 0.292. The molecule has 0 spiro atoms. The van der Waals surface area contributed by atoms with Crippen molar-refractivity contribution in [3.8, 4) is 0 Å². The fraction of sp³-hybridized carbons (Fsp3) is 0.500. The Bertz CT molecular complexity index is 672. The molecule has 1 saturated carbocycles. The standard InChI is InChI=1S/C14H15ClN4O/c1-8-4-11-10(6-16-8)13(18-14(15)17-11)19-2-3-20-7-9-5-12(9)19/h4,6,9,12H,2-3,5,7H2,1H3. The van der Waals surface area contributed by atoms with E-state index in [1.807, 2.05) is 19.2 Å². The van der Waals surface area contributed by atoms with Crippen LogP contribution in [0, 0.1) is 12.8 Å². The van der Waals surface area contributed by atoms with Crippen LogP contribution in [0.5, 0.6) is 0 Å². The first kappa shape index (κ1) is 12.3. The second-order valence-corrected chi connectivity index (χ2v) is 5.83. The van der Waals surface area contributed by atoms with Crippen LogP contribution in [-0.4, -0.2) is 40.8 Å². The highest BCUT2D eigenvalue weighted by Gasteiger charge is 2.44. The van der Waals surface area contributed by atoms with Crippen molar-refractivity contribution in [1.82, 2.24) is 15.0 Å². The Balaban J connectivity index is 1.85. The second kappa shape index (κ2) is 4.53. The summed E-state index contributed by atoms with van der Waals surface area (Å²) in [6.07, 6.45) is 3.02. The number of fused-ring (bicyclic) bond motifs is 2. The summed E-state index contributed by atoms with van der Waals surface area (Å²) in [5.41, 5.74) is 1.79. The molecule has 2 fully saturated rings. The van der Waals surface area contributed by atoms with Crippen molar-refractivity contribution in [2.24, 2.45) is 5.92 Å². The zero-order valence-electron chi connectivity index (χ0n) is 11.2. The zero-order chi connectivity index (χ0) is 13.7. The van der Waals surface area contributed by atoms with Crippen molar-refractivity contribution in [2.45, 2.75) is 19.4 Å². The van der Waals surface area contributed by atoms with Gasteiger partial charge in [0.25, 0.3) is 0 Å². The van der Waals surface area contributed by atoms with Gasteiger partial charge in [-0.2, -0.15) is 4.98 Å². The van der Waals surface area contributed by atoms with Gasteiger partial charge in [-0.05, 0) is 31.0 Å². The van der Waals surface area contributed by atoms with Gasteiger partial charge in [-0.3, -0.25) is 4.98 Å². The summed E-state index contributed by atoms with van der Waals surface area (Å²) in [5, 5.41) is 1.26. The van der Waals surface area contributed by atoms with E-state index < -0.39 is 0 Å². The molecule has 0 aromatic carbocycles. The third-order valence-electron chi connectivity index (χ3n) is 4.04. The van der Waals surface area contributed by atoms with Crippen molar-refractivity contribution >= 4 is 28.3 Å². The normalized spacial score (nSPS) is 25.4. The van der Waals surface area contributed by atoms with Gasteiger partial charge in [-0.15, -0.1) is 0 Å². The van der Waals surface area contributed by atoms with E-state index in [1.54, 1.807) is 0 Å². The van der Waals surface area contributed by atoms with E-state index in [4.69, 9.17) is 16.3 Å². The smallest absolute Gasteiger partial charge is 0.224 e. The third kappa shape index (κ3) is 2.01. The number of nitrogens with zero attached hydrogens (tertiary/aromatic N) is 4. The van der Waals surface area contributed by atoms with Crippen LogP contribution in [0.15, 0.2) is 12.3 Å². The van der Waals surface area contributed by atoms with E-state index >= 15 is 0 Å². The quantitative estimate of drug-likeness (QED) is 0.754. The molecule has 2 aromatic heterocycles. The highest BCUT2D eigenvalue weighted by molar-refractivity contribution is 6.28. The molecule has 0 bridgehead atoms. The van der Waals surface area contributed by atoms with Gasteiger partial charge in [-0.1, -0.05) is 0 Å². The Morgan fingerprint density at radius 2 is 2.30 bits per heavy atom. The summed E-state index contributed by atoms with van der Waals surface area (Å²) in [5.74, 6) is 1.52. The van der Waals surface area contributed by atoms with Gasteiger partial charge >= 0.3 is 0 Å². The molecule has 2 unspecified atom stereocenters. The largest absolute Gasteiger partial charge is 0.379 e. The Hall–Kier alpha value is -1.46. The highest BCUT2D eigenvalue weighted by Crippen LogP contribution is 2.41. The van der Waals surface area contributed by atoms with Crippen LogP contribution in [0.3, 0.4) is 0 Å². The van der Waals surface area contributed by atoms with Gasteiger partial charge in [0.2, 0.25) is 5.28 Å².